The lowest BCUT2D eigenvalue weighted by atomic mass is 10.1. The molecule has 5 heteroatoms. The van der Waals surface area contributed by atoms with Gasteiger partial charge in [-0.25, -0.2) is 0 Å². The molecule has 2 rings (SSSR count). The summed E-state index contributed by atoms with van der Waals surface area (Å²) in [7, 11) is 0. The molecule has 1 aromatic carbocycles. The molecule has 4 nitrogen and oxygen atoms in total. The second-order valence-electron chi connectivity index (χ2n) is 5.43. The summed E-state index contributed by atoms with van der Waals surface area (Å²) in [6, 6.07) is 7.22. The van der Waals surface area contributed by atoms with Crippen LogP contribution in [-0.2, 0) is 20.7 Å². The third kappa shape index (κ3) is 5.05. The second-order valence-corrected chi connectivity index (χ2v) is 5.86. The van der Waals surface area contributed by atoms with E-state index in [4.69, 9.17) is 16.3 Å². The topological polar surface area (TPSA) is 55.4 Å². The predicted molar refractivity (Wildman–Crippen MR) is 81.1 cm³/mol. The minimum absolute atomic E-state index is 0.137. The van der Waals surface area contributed by atoms with Gasteiger partial charge in [-0.2, -0.15) is 0 Å². The van der Waals surface area contributed by atoms with Crippen molar-refractivity contribution in [2.45, 2.75) is 51.2 Å². The fourth-order valence-corrected chi connectivity index (χ4v) is 2.58. The van der Waals surface area contributed by atoms with Gasteiger partial charge >= 0.3 is 5.97 Å². The molecule has 1 amide bonds. The zero-order chi connectivity index (χ0) is 15.2. The van der Waals surface area contributed by atoms with E-state index in [2.05, 4.69) is 5.32 Å². The number of hydrogen-bond donors (Lipinski definition) is 1. The van der Waals surface area contributed by atoms with Crippen LogP contribution >= 0.6 is 11.6 Å². The first-order valence-electron chi connectivity index (χ1n) is 7.29. The average molecular weight is 310 g/mol. The smallest absolute Gasteiger partial charge is 0.311 e. The standard InChI is InChI=1S/C16H20ClNO3/c1-11(16(20)18-14-4-2-3-5-14)21-15(19)10-12-6-8-13(17)9-7-12/h6-9,11,14H,2-5,10H2,1H3,(H,18,20)/t11-/m1/s1. The number of rotatable bonds is 5. The van der Waals surface area contributed by atoms with Crippen molar-refractivity contribution < 1.29 is 14.3 Å². The zero-order valence-corrected chi connectivity index (χ0v) is 12.9. The van der Waals surface area contributed by atoms with Crippen LogP contribution in [0.25, 0.3) is 0 Å². The van der Waals surface area contributed by atoms with Gasteiger partial charge in [0.05, 0.1) is 6.42 Å². The predicted octanol–water partition coefficient (Wildman–Crippen LogP) is 2.87. The summed E-state index contributed by atoms with van der Waals surface area (Å²) < 4.78 is 5.17. The molecular formula is C16H20ClNO3. The van der Waals surface area contributed by atoms with Crippen LogP contribution in [0.4, 0.5) is 0 Å². The fourth-order valence-electron chi connectivity index (χ4n) is 2.45. The van der Waals surface area contributed by atoms with Crippen molar-refractivity contribution in [2.75, 3.05) is 0 Å². The molecule has 1 aliphatic carbocycles. The van der Waals surface area contributed by atoms with E-state index < -0.39 is 12.1 Å². The summed E-state index contributed by atoms with van der Waals surface area (Å²) in [5.41, 5.74) is 0.813. The number of benzene rings is 1. The fraction of sp³-hybridized carbons (Fsp3) is 0.500. The van der Waals surface area contributed by atoms with Crippen LogP contribution in [0.2, 0.25) is 5.02 Å². The Bertz CT molecular complexity index is 495. The molecule has 0 aliphatic heterocycles. The molecular weight excluding hydrogens is 290 g/mol. The van der Waals surface area contributed by atoms with Crippen LogP contribution in [-0.4, -0.2) is 24.0 Å². The van der Waals surface area contributed by atoms with Gasteiger partial charge in [0.25, 0.3) is 5.91 Å². The normalized spacial score (nSPS) is 16.5. The number of ether oxygens (including phenoxy) is 1. The molecule has 1 fully saturated rings. The van der Waals surface area contributed by atoms with Crippen LogP contribution in [0.1, 0.15) is 38.2 Å². The maximum absolute atomic E-state index is 11.9. The Morgan fingerprint density at radius 2 is 1.90 bits per heavy atom. The molecule has 0 saturated heterocycles. The Labute approximate surface area is 129 Å². The van der Waals surface area contributed by atoms with Crippen LogP contribution in [0.5, 0.6) is 0 Å². The Morgan fingerprint density at radius 3 is 2.52 bits per heavy atom. The summed E-state index contributed by atoms with van der Waals surface area (Å²) in [6.45, 7) is 1.60. The number of esters is 1. The van der Waals surface area contributed by atoms with Gasteiger partial charge in [-0.3, -0.25) is 9.59 Å². The molecule has 1 N–H and O–H groups in total. The van der Waals surface area contributed by atoms with E-state index in [0.717, 1.165) is 31.2 Å². The van der Waals surface area contributed by atoms with Crippen molar-refractivity contribution in [3.8, 4) is 0 Å². The largest absolute Gasteiger partial charge is 0.452 e. The van der Waals surface area contributed by atoms with Crippen molar-refractivity contribution in [1.82, 2.24) is 5.32 Å². The van der Waals surface area contributed by atoms with Gasteiger partial charge in [-0.1, -0.05) is 36.6 Å². The first-order chi connectivity index (χ1) is 10.0. The average Bonchev–Trinajstić information content (AvgIpc) is 2.94. The molecule has 1 aromatic rings. The molecule has 1 aliphatic rings. The molecule has 0 radical (unpaired) electrons. The molecule has 0 unspecified atom stereocenters. The van der Waals surface area contributed by atoms with E-state index in [1.807, 2.05) is 0 Å². The molecule has 114 valence electrons. The SMILES string of the molecule is C[C@@H](OC(=O)Cc1ccc(Cl)cc1)C(=O)NC1CCCC1. The maximum Gasteiger partial charge on any atom is 0.311 e. The molecule has 0 aromatic heterocycles. The van der Waals surface area contributed by atoms with Crippen molar-refractivity contribution in [3.63, 3.8) is 0 Å². The number of amides is 1. The van der Waals surface area contributed by atoms with Gasteiger partial charge in [0.2, 0.25) is 0 Å². The van der Waals surface area contributed by atoms with Crippen LogP contribution in [0, 0.1) is 0 Å². The summed E-state index contributed by atoms with van der Waals surface area (Å²) >= 11 is 5.79. The van der Waals surface area contributed by atoms with Gasteiger partial charge in [0.15, 0.2) is 6.10 Å². The number of nitrogens with one attached hydrogen (secondary N) is 1. The molecule has 21 heavy (non-hydrogen) atoms. The molecule has 0 spiro atoms. The van der Waals surface area contributed by atoms with Crippen LogP contribution in [0.15, 0.2) is 24.3 Å². The lowest BCUT2D eigenvalue weighted by Crippen LogP contribution is -2.41. The molecule has 0 bridgehead atoms. The van der Waals surface area contributed by atoms with Crippen molar-refractivity contribution in [2.24, 2.45) is 0 Å². The second kappa shape index (κ2) is 7.46. The molecule has 0 heterocycles. The summed E-state index contributed by atoms with van der Waals surface area (Å²) in [5, 5.41) is 3.54. The highest BCUT2D eigenvalue weighted by Gasteiger charge is 2.22. The van der Waals surface area contributed by atoms with Crippen LogP contribution < -0.4 is 5.32 Å². The van der Waals surface area contributed by atoms with Gasteiger partial charge in [-0.05, 0) is 37.5 Å². The highest BCUT2D eigenvalue weighted by Crippen LogP contribution is 2.17. The van der Waals surface area contributed by atoms with Crippen molar-refractivity contribution in [1.29, 1.82) is 0 Å². The van der Waals surface area contributed by atoms with Gasteiger partial charge in [0.1, 0.15) is 0 Å². The quantitative estimate of drug-likeness (QED) is 0.851. The van der Waals surface area contributed by atoms with E-state index in [1.165, 1.54) is 0 Å². The zero-order valence-electron chi connectivity index (χ0n) is 12.1. The number of halogens is 1. The third-order valence-electron chi connectivity index (χ3n) is 3.64. The minimum atomic E-state index is -0.759. The Balaban J connectivity index is 1.78. The first-order valence-corrected chi connectivity index (χ1v) is 7.66. The summed E-state index contributed by atoms with van der Waals surface area (Å²) in [5.74, 6) is -0.627. The monoisotopic (exact) mass is 309 g/mol. The van der Waals surface area contributed by atoms with Crippen molar-refractivity contribution >= 4 is 23.5 Å². The maximum atomic E-state index is 11.9. The Morgan fingerprint density at radius 1 is 1.29 bits per heavy atom. The third-order valence-corrected chi connectivity index (χ3v) is 3.89. The van der Waals surface area contributed by atoms with E-state index >= 15 is 0 Å². The summed E-state index contributed by atoms with van der Waals surface area (Å²) in [4.78, 5) is 23.7. The highest BCUT2D eigenvalue weighted by atomic mass is 35.5. The number of hydrogen-bond acceptors (Lipinski definition) is 3. The minimum Gasteiger partial charge on any atom is -0.452 e. The van der Waals surface area contributed by atoms with Crippen LogP contribution in [0.3, 0.4) is 0 Å². The van der Waals surface area contributed by atoms with E-state index in [0.29, 0.717) is 5.02 Å². The molecule has 1 saturated carbocycles. The first kappa shape index (κ1) is 15.8. The lowest BCUT2D eigenvalue weighted by Gasteiger charge is -2.17. The van der Waals surface area contributed by atoms with Gasteiger partial charge in [0, 0.05) is 11.1 Å². The van der Waals surface area contributed by atoms with Crippen molar-refractivity contribution in [3.05, 3.63) is 34.9 Å². The molecule has 1 atom stereocenters. The van der Waals surface area contributed by atoms with Gasteiger partial charge in [-0.15, -0.1) is 0 Å². The van der Waals surface area contributed by atoms with E-state index in [9.17, 15) is 9.59 Å². The highest BCUT2D eigenvalue weighted by molar-refractivity contribution is 6.30. The van der Waals surface area contributed by atoms with E-state index in [-0.39, 0.29) is 18.4 Å². The van der Waals surface area contributed by atoms with E-state index in [1.54, 1.807) is 31.2 Å². The Hall–Kier alpha value is -1.55. The van der Waals surface area contributed by atoms with Gasteiger partial charge < -0.3 is 10.1 Å². The summed E-state index contributed by atoms with van der Waals surface area (Å²) in [6.07, 6.45) is 3.70. The Kier molecular flexibility index (Phi) is 5.62. The lowest BCUT2D eigenvalue weighted by molar-refractivity contribution is -0.154. The number of carbonyl (C=O) groups excluding carboxylic acids is 2. The number of carbonyl (C=O) groups is 2.